The van der Waals surface area contributed by atoms with Crippen molar-refractivity contribution in [3.05, 3.63) is 81.2 Å². The standard InChI is InChI=1S/C23H18O3S/c24-19-6-3-7-20-21(19)22-17-9-8-14-4-1-2-5-16(14)18(17)12-23(25-20,26-22)15-10-11-27-13-15/h1-2,4-5,8-11,13,22H,3,6-7,12H2/t22-,23-/m0/s1. The Balaban J connectivity index is 1.66. The van der Waals surface area contributed by atoms with Gasteiger partial charge < -0.3 is 9.47 Å². The van der Waals surface area contributed by atoms with Crippen LogP contribution in [0.2, 0.25) is 0 Å². The Morgan fingerprint density at radius 2 is 2.00 bits per heavy atom. The molecule has 0 spiro atoms. The van der Waals surface area contributed by atoms with E-state index in [1.54, 1.807) is 11.3 Å². The quantitative estimate of drug-likeness (QED) is 0.572. The van der Waals surface area contributed by atoms with E-state index in [2.05, 4.69) is 53.2 Å². The number of ketones is 1. The molecule has 6 rings (SSSR count). The average molecular weight is 374 g/mol. The van der Waals surface area contributed by atoms with Crippen molar-refractivity contribution in [2.45, 2.75) is 37.6 Å². The maximum atomic E-state index is 12.8. The van der Waals surface area contributed by atoms with Crippen LogP contribution in [0, 0.1) is 0 Å². The van der Waals surface area contributed by atoms with Gasteiger partial charge in [-0.25, -0.2) is 0 Å². The van der Waals surface area contributed by atoms with Crippen LogP contribution in [0.15, 0.2) is 64.6 Å². The van der Waals surface area contributed by atoms with Gasteiger partial charge in [-0.15, -0.1) is 0 Å². The molecule has 1 aromatic heterocycles. The van der Waals surface area contributed by atoms with Crippen LogP contribution in [0.4, 0.5) is 0 Å². The lowest BCUT2D eigenvalue weighted by Gasteiger charge is -2.48. The zero-order valence-corrected chi connectivity index (χ0v) is 15.6. The Bertz CT molecular complexity index is 1110. The van der Waals surface area contributed by atoms with Gasteiger partial charge >= 0.3 is 0 Å². The summed E-state index contributed by atoms with van der Waals surface area (Å²) in [6.07, 6.45) is 2.57. The largest absolute Gasteiger partial charge is 0.461 e. The monoisotopic (exact) mass is 374 g/mol. The lowest BCUT2D eigenvalue weighted by molar-refractivity contribution is -0.270. The molecular formula is C23H18O3S. The van der Waals surface area contributed by atoms with E-state index in [0.717, 1.165) is 35.3 Å². The number of hydrogen-bond donors (Lipinski definition) is 0. The molecule has 2 aliphatic heterocycles. The molecule has 134 valence electrons. The van der Waals surface area contributed by atoms with Crippen LogP contribution in [0.5, 0.6) is 0 Å². The summed E-state index contributed by atoms with van der Waals surface area (Å²) in [5.74, 6) is 0.173. The summed E-state index contributed by atoms with van der Waals surface area (Å²) in [5.41, 5.74) is 4.13. The van der Waals surface area contributed by atoms with Crippen molar-refractivity contribution in [1.82, 2.24) is 0 Å². The van der Waals surface area contributed by atoms with Gasteiger partial charge in [0.15, 0.2) is 5.78 Å². The molecule has 2 aromatic carbocycles. The molecule has 3 heterocycles. The highest BCUT2D eigenvalue weighted by atomic mass is 32.1. The number of hydrogen-bond acceptors (Lipinski definition) is 4. The van der Waals surface area contributed by atoms with Gasteiger partial charge in [0, 0.05) is 30.2 Å². The molecule has 2 bridgehead atoms. The van der Waals surface area contributed by atoms with Crippen LogP contribution >= 0.6 is 11.3 Å². The highest BCUT2D eigenvalue weighted by molar-refractivity contribution is 7.08. The minimum absolute atomic E-state index is 0.168. The van der Waals surface area contributed by atoms with Gasteiger partial charge in [-0.05, 0) is 39.8 Å². The molecule has 3 nitrogen and oxygen atoms in total. The van der Waals surface area contributed by atoms with Crippen molar-refractivity contribution in [3.8, 4) is 0 Å². The minimum atomic E-state index is -0.835. The normalized spacial score (nSPS) is 26.5. The molecule has 4 heteroatoms. The first kappa shape index (κ1) is 15.6. The highest BCUT2D eigenvalue weighted by Crippen LogP contribution is 2.54. The van der Waals surface area contributed by atoms with Crippen molar-refractivity contribution in [2.24, 2.45) is 0 Å². The number of thiophene rings is 1. The van der Waals surface area contributed by atoms with Crippen LogP contribution < -0.4 is 0 Å². The zero-order valence-electron chi connectivity index (χ0n) is 14.7. The van der Waals surface area contributed by atoms with E-state index in [0.29, 0.717) is 12.8 Å². The molecular weight excluding hydrogens is 356 g/mol. The second-order valence-corrected chi connectivity index (χ2v) is 8.29. The number of ether oxygens (including phenoxy) is 2. The summed E-state index contributed by atoms with van der Waals surface area (Å²) in [7, 11) is 0. The Morgan fingerprint density at radius 1 is 1.07 bits per heavy atom. The molecule has 27 heavy (non-hydrogen) atoms. The van der Waals surface area contributed by atoms with Gasteiger partial charge in [0.25, 0.3) is 0 Å². The Labute approximate surface area is 161 Å². The number of rotatable bonds is 1. The summed E-state index contributed by atoms with van der Waals surface area (Å²) >= 11 is 1.64. The van der Waals surface area contributed by atoms with Crippen molar-refractivity contribution in [2.75, 3.05) is 0 Å². The lowest BCUT2D eigenvalue weighted by atomic mass is 9.79. The predicted octanol–water partition coefficient (Wildman–Crippen LogP) is 5.41. The molecule has 3 aliphatic rings. The SMILES string of the molecule is O=C1CCCC2=C1[C@H]1O[C@](c3ccsc3)(Cc3c1ccc1ccccc31)O2. The molecule has 0 fully saturated rings. The fourth-order valence-electron chi connectivity index (χ4n) is 4.74. The van der Waals surface area contributed by atoms with Crippen LogP contribution in [0.3, 0.4) is 0 Å². The van der Waals surface area contributed by atoms with Crippen molar-refractivity contribution < 1.29 is 14.3 Å². The second-order valence-electron chi connectivity index (χ2n) is 7.51. The van der Waals surface area contributed by atoms with E-state index in [1.807, 2.05) is 0 Å². The van der Waals surface area contributed by atoms with Gasteiger partial charge in [0.05, 0.1) is 5.57 Å². The van der Waals surface area contributed by atoms with Crippen molar-refractivity contribution in [3.63, 3.8) is 0 Å². The molecule has 0 saturated carbocycles. The first-order valence-electron chi connectivity index (χ1n) is 9.41. The summed E-state index contributed by atoms with van der Waals surface area (Å²) in [6, 6.07) is 14.8. The van der Waals surface area contributed by atoms with Gasteiger partial charge in [-0.3, -0.25) is 4.79 Å². The lowest BCUT2D eigenvalue weighted by Crippen LogP contribution is -2.46. The fourth-order valence-corrected chi connectivity index (χ4v) is 5.45. The van der Waals surface area contributed by atoms with E-state index < -0.39 is 5.79 Å². The number of fused-ring (bicyclic) bond motifs is 7. The predicted molar refractivity (Wildman–Crippen MR) is 104 cm³/mol. The molecule has 2 atom stereocenters. The number of allylic oxidation sites excluding steroid dienone is 1. The molecule has 1 aliphatic carbocycles. The fraction of sp³-hybridized carbons (Fsp3) is 0.261. The maximum Gasteiger partial charge on any atom is 0.242 e. The Morgan fingerprint density at radius 3 is 2.89 bits per heavy atom. The van der Waals surface area contributed by atoms with Gasteiger partial charge in [0.2, 0.25) is 5.79 Å². The van der Waals surface area contributed by atoms with Crippen LogP contribution in [0.25, 0.3) is 10.8 Å². The molecule has 0 unspecified atom stereocenters. The van der Waals surface area contributed by atoms with Gasteiger partial charge in [-0.2, -0.15) is 11.3 Å². The van der Waals surface area contributed by atoms with Crippen LogP contribution in [0.1, 0.15) is 42.1 Å². The van der Waals surface area contributed by atoms with E-state index >= 15 is 0 Å². The van der Waals surface area contributed by atoms with Gasteiger partial charge in [0.1, 0.15) is 11.9 Å². The summed E-state index contributed by atoms with van der Waals surface area (Å²) in [5, 5.41) is 6.59. The molecule has 0 N–H and O–H groups in total. The van der Waals surface area contributed by atoms with E-state index in [1.165, 1.54) is 16.3 Å². The average Bonchev–Trinajstić information content (AvgIpc) is 3.23. The first-order chi connectivity index (χ1) is 13.3. The van der Waals surface area contributed by atoms with Crippen molar-refractivity contribution in [1.29, 1.82) is 0 Å². The second kappa shape index (κ2) is 5.54. The summed E-state index contributed by atoms with van der Waals surface area (Å²) < 4.78 is 13.1. The van der Waals surface area contributed by atoms with E-state index in [4.69, 9.17) is 9.47 Å². The van der Waals surface area contributed by atoms with Crippen LogP contribution in [-0.2, 0) is 26.5 Å². The third kappa shape index (κ3) is 2.14. The molecule has 3 aromatic rings. The van der Waals surface area contributed by atoms with E-state index in [-0.39, 0.29) is 11.9 Å². The number of benzene rings is 2. The van der Waals surface area contributed by atoms with Crippen molar-refractivity contribution >= 4 is 27.9 Å². The minimum Gasteiger partial charge on any atom is -0.461 e. The molecule has 0 radical (unpaired) electrons. The smallest absolute Gasteiger partial charge is 0.242 e. The van der Waals surface area contributed by atoms with E-state index in [9.17, 15) is 4.79 Å². The number of carbonyl (C=O) groups is 1. The topological polar surface area (TPSA) is 35.5 Å². The zero-order chi connectivity index (χ0) is 18.0. The highest BCUT2D eigenvalue weighted by Gasteiger charge is 2.52. The van der Waals surface area contributed by atoms with Crippen LogP contribution in [-0.4, -0.2) is 5.78 Å². The third-order valence-corrected chi connectivity index (χ3v) is 6.68. The third-order valence-electron chi connectivity index (χ3n) is 6.00. The molecule has 0 saturated heterocycles. The number of Topliss-reactive ketones (excluding diaryl/α,β-unsaturated/α-hetero) is 1. The molecule has 0 amide bonds. The Hall–Kier alpha value is -2.43. The number of carbonyl (C=O) groups excluding carboxylic acids is 1. The maximum absolute atomic E-state index is 12.8. The first-order valence-corrected chi connectivity index (χ1v) is 10.4. The summed E-state index contributed by atoms with van der Waals surface area (Å²) in [6.45, 7) is 0. The van der Waals surface area contributed by atoms with Gasteiger partial charge in [-0.1, -0.05) is 36.4 Å². The Kier molecular flexibility index (Phi) is 3.20. The summed E-state index contributed by atoms with van der Waals surface area (Å²) in [4.78, 5) is 12.8.